The summed E-state index contributed by atoms with van der Waals surface area (Å²) in [6.07, 6.45) is 1.36. The summed E-state index contributed by atoms with van der Waals surface area (Å²) >= 11 is 0. The number of likely N-dealkylation sites (tertiary alicyclic amines) is 2. The summed E-state index contributed by atoms with van der Waals surface area (Å²) in [5.74, 6) is 2.07. The van der Waals surface area contributed by atoms with Gasteiger partial charge in [0.1, 0.15) is 17.1 Å². The Bertz CT molecular complexity index is 611. The number of methoxy groups -OCH3 is 1. The average molecular weight is 315 g/mol. The Morgan fingerprint density at radius 1 is 1.30 bits per heavy atom. The van der Waals surface area contributed by atoms with Crippen LogP contribution in [0.1, 0.15) is 32.3 Å². The number of rotatable bonds is 5. The Kier molecular flexibility index (Phi) is 4.04. The van der Waals surface area contributed by atoms with E-state index in [4.69, 9.17) is 10.1 Å². The van der Waals surface area contributed by atoms with Crippen LogP contribution >= 0.6 is 0 Å². The van der Waals surface area contributed by atoms with E-state index in [1.165, 1.54) is 0 Å². The normalized spacial score (nSPS) is 23.8. The summed E-state index contributed by atoms with van der Waals surface area (Å²) in [4.78, 5) is 16.2. The topological polar surface area (TPSA) is 56.6 Å². The number of benzene rings is 1. The second-order valence-corrected chi connectivity index (χ2v) is 6.98. The fourth-order valence-corrected chi connectivity index (χ4v) is 3.63. The van der Waals surface area contributed by atoms with Crippen LogP contribution in [0.5, 0.6) is 5.75 Å². The Morgan fingerprint density at radius 2 is 2.00 bits per heavy atom. The second-order valence-electron chi connectivity index (χ2n) is 6.98. The molecule has 0 aliphatic carbocycles. The molecule has 124 valence electrons. The van der Waals surface area contributed by atoms with Crippen LogP contribution in [-0.4, -0.2) is 47.3 Å². The lowest BCUT2D eigenvalue weighted by Crippen LogP contribution is -2.72. The molecule has 23 heavy (non-hydrogen) atoms. The predicted molar refractivity (Wildman–Crippen MR) is 89.6 cm³/mol. The van der Waals surface area contributed by atoms with E-state index in [9.17, 15) is 4.79 Å². The van der Waals surface area contributed by atoms with E-state index in [0.717, 1.165) is 30.8 Å². The van der Waals surface area contributed by atoms with Gasteiger partial charge in [-0.3, -0.25) is 10.2 Å². The van der Waals surface area contributed by atoms with Crippen molar-refractivity contribution in [1.29, 1.82) is 5.41 Å². The first-order valence-corrected chi connectivity index (χ1v) is 8.23. The zero-order valence-electron chi connectivity index (χ0n) is 14.1. The van der Waals surface area contributed by atoms with Gasteiger partial charge in [0.15, 0.2) is 0 Å². The van der Waals surface area contributed by atoms with Crippen molar-refractivity contribution in [3.8, 4) is 5.75 Å². The highest BCUT2D eigenvalue weighted by Crippen LogP contribution is 2.40. The number of ether oxygens (including phenoxy) is 1. The smallest absolute Gasteiger partial charge is 0.223 e. The molecular weight excluding hydrogens is 290 g/mol. The Hall–Kier alpha value is -2.04. The van der Waals surface area contributed by atoms with Gasteiger partial charge in [-0.25, -0.2) is 0 Å². The van der Waals surface area contributed by atoms with E-state index in [0.29, 0.717) is 24.7 Å². The fourth-order valence-electron chi connectivity index (χ4n) is 3.63. The Labute approximate surface area is 137 Å². The molecule has 1 spiro atoms. The van der Waals surface area contributed by atoms with Crippen molar-refractivity contribution >= 4 is 11.7 Å². The first kappa shape index (κ1) is 15.8. The maximum absolute atomic E-state index is 12.2. The number of carbonyl (C=O) groups excluding carboxylic acids is 1. The molecule has 0 saturated carbocycles. The lowest BCUT2D eigenvalue weighted by atomic mass is 9.84. The summed E-state index contributed by atoms with van der Waals surface area (Å²) < 4.78 is 5.17. The molecule has 1 unspecified atom stereocenters. The number of hydrogen-bond donors (Lipinski definition) is 1. The molecule has 0 aromatic heterocycles. The molecule has 2 aliphatic heterocycles. The van der Waals surface area contributed by atoms with E-state index in [2.05, 4.69) is 18.7 Å². The quantitative estimate of drug-likeness (QED) is 0.908. The summed E-state index contributed by atoms with van der Waals surface area (Å²) in [5, 5.41) is 8.53. The van der Waals surface area contributed by atoms with Crippen LogP contribution in [-0.2, 0) is 11.3 Å². The van der Waals surface area contributed by atoms with E-state index in [1.807, 2.05) is 29.2 Å². The largest absolute Gasteiger partial charge is 0.497 e. The molecule has 1 atom stereocenters. The number of hydrogen-bond acceptors (Lipinski definition) is 3. The van der Waals surface area contributed by atoms with Crippen LogP contribution in [0.25, 0.3) is 0 Å². The molecule has 1 aromatic carbocycles. The van der Waals surface area contributed by atoms with Crippen molar-refractivity contribution in [3.63, 3.8) is 0 Å². The van der Waals surface area contributed by atoms with Crippen molar-refractivity contribution in [2.75, 3.05) is 20.2 Å². The molecule has 0 bridgehead atoms. The number of nitrogens with one attached hydrogen (secondary N) is 1. The maximum atomic E-state index is 12.2. The molecule has 2 fully saturated rings. The predicted octanol–water partition coefficient (Wildman–Crippen LogP) is 2.51. The zero-order chi connectivity index (χ0) is 16.6. The summed E-state index contributed by atoms with van der Waals surface area (Å²) in [6, 6.07) is 7.95. The monoisotopic (exact) mass is 315 g/mol. The third-order valence-electron chi connectivity index (χ3n) is 4.86. The lowest BCUT2D eigenvalue weighted by molar-refractivity contribution is -0.131. The van der Waals surface area contributed by atoms with Gasteiger partial charge in [0.25, 0.3) is 0 Å². The Balaban J connectivity index is 1.68. The third kappa shape index (κ3) is 2.69. The third-order valence-corrected chi connectivity index (χ3v) is 4.86. The van der Waals surface area contributed by atoms with Crippen molar-refractivity contribution in [2.24, 2.45) is 5.92 Å². The van der Waals surface area contributed by atoms with Crippen LogP contribution < -0.4 is 4.74 Å². The fraction of sp³-hybridized carbons (Fsp3) is 0.556. The van der Waals surface area contributed by atoms with E-state index >= 15 is 0 Å². The first-order chi connectivity index (χ1) is 11.0. The first-order valence-electron chi connectivity index (χ1n) is 8.23. The minimum Gasteiger partial charge on any atom is -0.497 e. The molecule has 1 N–H and O–H groups in total. The molecule has 5 heteroatoms. The van der Waals surface area contributed by atoms with Crippen molar-refractivity contribution in [2.45, 2.75) is 38.8 Å². The highest BCUT2D eigenvalue weighted by molar-refractivity contribution is 6.01. The van der Waals surface area contributed by atoms with Gasteiger partial charge < -0.3 is 14.5 Å². The molecule has 2 saturated heterocycles. The minimum atomic E-state index is -0.339. The van der Waals surface area contributed by atoms with Crippen LogP contribution in [0, 0.1) is 11.3 Å². The minimum absolute atomic E-state index is 0.201. The van der Waals surface area contributed by atoms with Gasteiger partial charge in [-0.2, -0.15) is 0 Å². The standard InChI is InChI=1S/C18H25N3O2/c1-13(2)10-21-16(22)8-9-18(21)12-20(17(18)19)11-14-4-6-15(23-3)7-5-14/h4-7,13,19H,8-12H2,1-3H3. The molecule has 3 rings (SSSR count). The number of carbonyl (C=O) groups is 1. The molecule has 2 aliphatic rings. The average Bonchev–Trinajstić information content (AvgIpc) is 2.86. The van der Waals surface area contributed by atoms with Gasteiger partial charge in [-0.15, -0.1) is 0 Å². The summed E-state index contributed by atoms with van der Waals surface area (Å²) in [5.41, 5.74) is 0.818. The van der Waals surface area contributed by atoms with Gasteiger partial charge in [-0.05, 0) is 30.0 Å². The highest BCUT2D eigenvalue weighted by Gasteiger charge is 2.57. The number of amidine groups is 1. The van der Waals surface area contributed by atoms with Gasteiger partial charge in [0.2, 0.25) is 5.91 Å². The summed E-state index contributed by atoms with van der Waals surface area (Å²) in [6.45, 7) is 6.48. The molecular formula is C18H25N3O2. The highest BCUT2D eigenvalue weighted by atomic mass is 16.5. The van der Waals surface area contributed by atoms with Crippen molar-refractivity contribution in [3.05, 3.63) is 29.8 Å². The summed E-state index contributed by atoms with van der Waals surface area (Å²) in [7, 11) is 1.66. The van der Waals surface area contributed by atoms with Crippen LogP contribution in [0.15, 0.2) is 24.3 Å². The maximum Gasteiger partial charge on any atom is 0.223 e. The molecule has 5 nitrogen and oxygen atoms in total. The van der Waals surface area contributed by atoms with E-state index < -0.39 is 0 Å². The van der Waals surface area contributed by atoms with Gasteiger partial charge >= 0.3 is 0 Å². The lowest BCUT2D eigenvalue weighted by Gasteiger charge is -2.54. The SMILES string of the molecule is COc1ccc(CN2CC3(CCC(=O)N3CC(C)C)C2=N)cc1. The van der Waals surface area contributed by atoms with Crippen LogP contribution in [0.3, 0.4) is 0 Å². The number of nitrogens with zero attached hydrogens (tertiary/aromatic N) is 2. The van der Waals surface area contributed by atoms with Gasteiger partial charge in [-0.1, -0.05) is 26.0 Å². The Morgan fingerprint density at radius 3 is 2.57 bits per heavy atom. The molecule has 2 heterocycles. The van der Waals surface area contributed by atoms with E-state index in [1.54, 1.807) is 7.11 Å². The van der Waals surface area contributed by atoms with Crippen molar-refractivity contribution in [1.82, 2.24) is 9.80 Å². The molecule has 1 aromatic rings. The van der Waals surface area contributed by atoms with Gasteiger partial charge in [0.05, 0.1) is 13.7 Å². The second kappa shape index (κ2) is 5.87. The van der Waals surface area contributed by atoms with Crippen LogP contribution in [0.2, 0.25) is 0 Å². The van der Waals surface area contributed by atoms with Crippen LogP contribution in [0.4, 0.5) is 0 Å². The van der Waals surface area contributed by atoms with E-state index in [-0.39, 0.29) is 11.4 Å². The molecule has 0 radical (unpaired) electrons. The zero-order valence-corrected chi connectivity index (χ0v) is 14.1. The van der Waals surface area contributed by atoms with Crippen molar-refractivity contribution < 1.29 is 9.53 Å². The molecule has 1 amide bonds. The van der Waals surface area contributed by atoms with Gasteiger partial charge in [0, 0.05) is 19.5 Å². The number of amides is 1.